The van der Waals surface area contributed by atoms with Gasteiger partial charge in [-0.2, -0.15) is 13.2 Å². The van der Waals surface area contributed by atoms with E-state index in [0.29, 0.717) is 5.56 Å². The highest BCUT2D eigenvalue weighted by Gasteiger charge is 2.29. The lowest BCUT2D eigenvalue weighted by molar-refractivity contribution is -0.119. The third-order valence-corrected chi connectivity index (χ3v) is 2.46. The molecule has 0 bridgehead atoms. The molecule has 0 radical (unpaired) electrons. The normalized spacial score (nSPS) is 11.4. The smallest absolute Gasteiger partial charge is 0.405 e. The number of halogens is 3. The van der Waals surface area contributed by atoms with Crippen LogP contribution in [-0.4, -0.2) is 30.8 Å². The molecule has 0 unspecified atom stereocenters. The Kier molecular flexibility index (Phi) is 3.73. The Morgan fingerprint density at radius 1 is 1.44 bits per heavy atom. The van der Waals surface area contributed by atoms with E-state index >= 15 is 0 Å². The van der Waals surface area contributed by atoms with Gasteiger partial charge in [0.15, 0.2) is 0 Å². The average molecular weight is 262 g/mol. The van der Waals surface area contributed by atoms with Crippen LogP contribution in [0, 0.1) is 6.92 Å². The number of nitrogens with two attached hydrogens (primary N) is 1. The molecule has 1 aromatic carbocycles. The molecule has 4 nitrogen and oxygen atoms in total. The second-order valence-corrected chi connectivity index (χ2v) is 4.00. The monoisotopic (exact) mass is 262 g/mol. The Morgan fingerprint density at radius 2 is 2.00 bits per heavy atom. The fraction of sp³-hybridized carbons (Fsp3) is 0.364. The van der Waals surface area contributed by atoms with Gasteiger partial charge in [0.1, 0.15) is 6.54 Å². The number of carboxylic acid groups (broad SMARTS) is 1. The second-order valence-electron chi connectivity index (χ2n) is 4.00. The molecule has 0 aliphatic carbocycles. The third kappa shape index (κ3) is 3.28. The van der Waals surface area contributed by atoms with Gasteiger partial charge in [-0.15, -0.1) is 0 Å². The largest absolute Gasteiger partial charge is 0.478 e. The number of alkyl halides is 3. The van der Waals surface area contributed by atoms with E-state index in [-0.39, 0.29) is 16.9 Å². The molecule has 1 aromatic rings. The van der Waals surface area contributed by atoms with E-state index in [2.05, 4.69) is 0 Å². The van der Waals surface area contributed by atoms with Gasteiger partial charge in [-0.1, -0.05) is 0 Å². The Balaban J connectivity index is 3.15. The van der Waals surface area contributed by atoms with Gasteiger partial charge in [-0.05, 0) is 24.6 Å². The number of carbonyl (C=O) groups is 1. The highest BCUT2D eigenvalue weighted by Crippen LogP contribution is 2.27. The number of aryl methyl sites for hydroxylation is 1. The molecule has 0 aromatic heterocycles. The van der Waals surface area contributed by atoms with E-state index in [1.54, 1.807) is 6.92 Å². The highest BCUT2D eigenvalue weighted by molar-refractivity contribution is 5.95. The van der Waals surface area contributed by atoms with Crippen LogP contribution < -0.4 is 10.6 Å². The molecule has 0 aliphatic rings. The van der Waals surface area contributed by atoms with Crippen LogP contribution in [0.1, 0.15) is 15.9 Å². The minimum absolute atomic E-state index is 0.0617. The molecule has 0 fully saturated rings. The summed E-state index contributed by atoms with van der Waals surface area (Å²) in [7, 11) is 1.24. The number of nitrogens with zero attached hydrogens (tertiary/aromatic N) is 1. The summed E-state index contributed by atoms with van der Waals surface area (Å²) in [5.41, 5.74) is 6.02. The van der Waals surface area contributed by atoms with Gasteiger partial charge in [0, 0.05) is 18.4 Å². The van der Waals surface area contributed by atoms with E-state index in [1.165, 1.54) is 13.1 Å². The summed E-state index contributed by atoms with van der Waals surface area (Å²) >= 11 is 0. The minimum Gasteiger partial charge on any atom is -0.478 e. The molecular weight excluding hydrogens is 249 g/mol. The first-order valence-electron chi connectivity index (χ1n) is 5.03. The van der Waals surface area contributed by atoms with Crippen LogP contribution in [-0.2, 0) is 0 Å². The quantitative estimate of drug-likeness (QED) is 0.820. The van der Waals surface area contributed by atoms with Gasteiger partial charge in [0.2, 0.25) is 0 Å². The summed E-state index contributed by atoms with van der Waals surface area (Å²) in [6, 6.07) is 2.56. The minimum atomic E-state index is -4.35. The molecule has 7 heteroatoms. The van der Waals surface area contributed by atoms with E-state index in [9.17, 15) is 18.0 Å². The summed E-state index contributed by atoms with van der Waals surface area (Å²) in [6.45, 7) is 0.391. The van der Waals surface area contributed by atoms with Gasteiger partial charge in [-0.25, -0.2) is 4.79 Å². The molecule has 0 spiro atoms. The molecule has 0 aliphatic heterocycles. The predicted molar refractivity (Wildman–Crippen MR) is 61.9 cm³/mol. The number of nitrogen functional groups attached to an aromatic ring is 1. The average Bonchev–Trinajstić information content (AvgIpc) is 2.18. The Morgan fingerprint density at radius 3 is 2.44 bits per heavy atom. The van der Waals surface area contributed by atoms with E-state index in [0.717, 1.165) is 11.0 Å². The molecule has 0 amide bonds. The zero-order valence-corrected chi connectivity index (χ0v) is 9.88. The number of carboxylic acids is 1. The van der Waals surface area contributed by atoms with Gasteiger partial charge in [0.05, 0.1) is 5.56 Å². The lowest BCUT2D eigenvalue weighted by Gasteiger charge is -2.22. The van der Waals surface area contributed by atoms with Crippen molar-refractivity contribution >= 4 is 17.3 Å². The zero-order valence-electron chi connectivity index (χ0n) is 9.88. The zero-order chi connectivity index (χ0) is 14.1. The third-order valence-electron chi connectivity index (χ3n) is 2.46. The fourth-order valence-corrected chi connectivity index (χ4v) is 1.54. The number of hydrogen-bond acceptors (Lipinski definition) is 3. The van der Waals surface area contributed by atoms with Gasteiger partial charge in [0.25, 0.3) is 0 Å². The first-order chi connectivity index (χ1) is 8.11. The van der Waals surface area contributed by atoms with Crippen molar-refractivity contribution < 1.29 is 23.1 Å². The topological polar surface area (TPSA) is 66.6 Å². The van der Waals surface area contributed by atoms with Crippen LogP contribution in [0.4, 0.5) is 24.5 Å². The number of benzene rings is 1. The Hall–Kier alpha value is -1.92. The lowest BCUT2D eigenvalue weighted by Crippen LogP contribution is -2.31. The molecule has 0 atom stereocenters. The Bertz CT molecular complexity index is 472. The number of anilines is 2. The molecule has 1 rings (SSSR count). The number of rotatable bonds is 3. The standard InChI is InChI=1S/C11H13F3N2O2/c1-6-3-7(16(2)5-11(12,13)14)4-8(9(6)15)10(17)18/h3-4H,5,15H2,1-2H3,(H,17,18). The first-order valence-corrected chi connectivity index (χ1v) is 5.03. The van der Waals surface area contributed by atoms with Crippen molar-refractivity contribution in [2.24, 2.45) is 0 Å². The van der Waals surface area contributed by atoms with Crippen molar-refractivity contribution in [3.8, 4) is 0 Å². The van der Waals surface area contributed by atoms with Gasteiger partial charge in [-0.3, -0.25) is 0 Å². The second kappa shape index (κ2) is 4.75. The van der Waals surface area contributed by atoms with Crippen molar-refractivity contribution in [2.75, 3.05) is 24.2 Å². The van der Waals surface area contributed by atoms with E-state index < -0.39 is 18.7 Å². The molecule has 100 valence electrons. The van der Waals surface area contributed by atoms with Crippen molar-refractivity contribution in [3.05, 3.63) is 23.3 Å². The maximum atomic E-state index is 12.2. The molecular formula is C11H13F3N2O2. The molecule has 18 heavy (non-hydrogen) atoms. The summed E-state index contributed by atoms with van der Waals surface area (Å²) < 4.78 is 36.7. The van der Waals surface area contributed by atoms with Crippen molar-refractivity contribution in [3.63, 3.8) is 0 Å². The number of aromatic carboxylic acids is 1. The van der Waals surface area contributed by atoms with Crippen LogP contribution in [0.25, 0.3) is 0 Å². The van der Waals surface area contributed by atoms with Gasteiger partial charge < -0.3 is 15.7 Å². The van der Waals surface area contributed by atoms with Crippen LogP contribution in [0.2, 0.25) is 0 Å². The van der Waals surface area contributed by atoms with Crippen LogP contribution in [0.3, 0.4) is 0 Å². The molecule has 0 saturated heterocycles. The summed E-state index contributed by atoms with van der Waals surface area (Å²) in [4.78, 5) is 11.8. The first kappa shape index (κ1) is 14.1. The molecule has 0 heterocycles. The lowest BCUT2D eigenvalue weighted by atomic mass is 10.1. The fourth-order valence-electron chi connectivity index (χ4n) is 1.54. The van der Waals surface area contributed by atoms with Gasteiger partial charge >= 0.3 is 12.1 Å². The maximum absolute atomic E-state index is 12.2. The highest BCUT2D eigenvalue weighted by atomic mass is 19.4. The summed E-state index contributed by atoms with van der Waals surface area (Å²) in [6.07, 6.45) is -4.35. The van der Waals surface area contributed by atoms with Crippen molar-refractivity contribution in [2.45, 2.75) is 13.1 Å². The van der Waals surface area contributed by atoms with Crippen LogP contribution in [0.5, 0.6) is 0 Å². The SMILES string of the molecule is Cc1cc(N(C)CC(F)(F)F)cc(C(=O)O)c1N. The maximum Gasteiger partial charge on any atom is 0.405 e. The number of hydrogen-bond donors (Lipinski definition) is 2. The summed E-state index contributed by atoms with van der Waals surface area (Å²) in [5.74, 6) is -1.27. The predicted octanol–water partition coefficient (Wildman–Crippen LogP) is 2.27. The summed E-state index contributed by atoms with van der Waals surface area (Å²) in [5, 5.41) is 8.91. The van der Waals surface area contributed by atoms with Crippen molar-refractivity contribution in [1.82, 2.24) is 0 Å². The molecule has 3 N–H and O–H groups in total. The Labute approximate surface area is 102 Å². The van der Waals surface area contributed by atoms with Crippen molar-refractivity contribution in [1.29, 1.82) is 0 Å². The van der Waals surface area contributed by atoms with E-state index in [1.807, 2.05) is 0 Å². The van der Waals surface area contributed by atoms with E-state index in [4.69, 9.17) is 10.8 Å². The van der Waals surface area contributed by atoms with Crippen LogP contribution in [0.15, 0.2) is 12.1 Å². The van der Waals surface area contributed by atoms with Crippen LogP contribution >= 0.6 is 0 Å². The molecule has 0 saturated carbocycles.